The normalized spacial score (nSPS) is 14.5. The number of halogens is 2. The summed E-state index contributed by atoms with van der Waals surface area (Å²) in [5.74, 6) is -0.530. The van der Waals surface area contributed by atoms with Gasteiger partial charge in [-0.25, -0.2) is 4.39 Å². The van der Waals surface area contributed by atoms with E-state index in [4.69, 9.17) is 23.1 Å². The van der Waals surface area contributed by atoms with Gasteiger partial charge < -0.3 is 16.4 Å². The molecule has 0 bridgehead atoms. The van der Waals surface area contributed by atoms with E-state index in [9.17, 15) is 4.39 Å². The van der Waals surface area contributed by atoms with Crippen molar-refractivity contribution in [3.05, 3.63) is 38.8 Å². The number of nitrogens with zero attached hydrogens (tertiary/aromatic N) is 1. The molecule has 0 unspecified atom stereocenters. The highest BCUT2D eigenvalue weighted by Crippen LogP contribution is 2.38. The molecule has 0 fully saturated rings. The van der Waals surface area contributed by atoms with Gasteiger partial charge in [0.2, 0.25) is 0 Å². The van der Waals surface area contributed by atoms with Crippen molar-refractivity contribution < 1.29 is 4.39 Å². The van der Waals surface area contributed by atoms with E-state index < -0.39 is 5.82 Å². The van der Waals surface area contributed by atoms with E-state index in [1.165, 1.54) is 16.5 Å². The minimum Gasteiger partial charge on any atom is -0.397 e. The monoisotopic (exact) mass is 297 g/mol. The molecule has 2 heterocycles. The smallest absolute Gasteiger partial charge is 0.169 e. The van der Waals surface area contributed by atoms with Crippen LogP contribution in [-0.4, -0.2) is 6.54 Å². The zero-order valence-electron chi connectivity index (χ0n) is 10.1. The highest BCUT2D eigenvalue weighted by atomic mass is 35.5. The van der Waals surface area contributed by atoms with Gasteiger partial charge in [0, 0.05) is 18.0 Å². The van der Waals surface area contributed by atoms with Crippen molar-refractivity contribution in [2.24, 2.45) is 0 Å². The lowest BCUT2D eigenvalue weighted by Crippen LogP contribution is -2.31. The first-order valence-corrected chi connectivity index (χ1v) is 7.17. The summed E-state index contributed by atoms with van der Waals surface area (Å²) in [7, 11) is 0. The molecule has 0 spiro atoms. The second-order valence-electron chi connectivity index (χ2n) is 4.57. The lowest BCUT2D eigenvalue weighted by Gasteiger charge is -2.30. The molecule has 2 aromatic rings. The largest absolute Gasteiger partial charge is 0.397 e. The molecular formula is C13H13ClFN3S. The average molecular weight is 298 g/mol. The zero-order valence-corrected chi connectivity index (χ0v) is 11.7. The molecule has 0 saturated carbocycles. The summed E-state index contributed by atoms with van der Waals surface area (Å²) in [5, 5.41) is 2.00. The highest BCUT2D eigenvalue weighted by molar-refractivity contribution is 7.10. The van der Waals surface area contributed by atoms with Crippen LogP contribution in [0, 0.1) is 5.82 Å². The first-order chi connectivity index (χ1) is 9.08. The second-order valence-corrected chi connectivity index (χ2v) is 5.95. The van der Waals surface area contributed by atoms with E-state index in [1.54, 1.807) is 11.3 Å². The van der Waals surface area contributed by atoms with Gasteiger partial charge >= 0.3 is 0 Å². The van der Waals surface area contributed by atoms with Crippen LogP contribution in [0.2, 0.25) is 5.02 Å². The Balaban J connectivity index is 2.03. The molecule has 6 heteroatoms. The summed E-state index contributed by atoms with van der Waals surface area (Å²) in [5.41, 5.74) is 13.6. The fraction of sp³-hybridized carbons (Fsp3) is 0.231. The van der Waals surface area contributed by atoms with E-state index in [1.807, 2.05) is 4.90 Å². The molecule has 100 valence electrons. The van der Waals surface area contributed by atoms with Crippen LogP contribution in [-0.2, 0) is 13.0 Å². The number of hydrogen-bond acceptors (Lipinski definition) is 4. The number of anilines is 3. The topological polar surface area (TPSA) is 55.3 Å². The van der Waals surface area contributed by atoms with Crippen molar-refractivity contribution in [1.82, 2.24) is 0 Å². The summed E-state index contributed by atoms with van der Waals surface area (Å²) >= 11 is 7.61. The quantitative estimate of drug-likeness (QED) is 0.794. The molecule has 3 rings (SSSR count). The third kappa shape index (κ3) is 2.03. The maximum absolute atomic E-state index is 14.3. The second kappa shape index (κ2) is 4.58. The van der Waals surface area contributed by atoms with E-state index in [2.05, 4.69) is 11.4 Å². The van der Waals surface area contributed by atoms with Crippen LogP contribution in [0.4, 0.5) is 21.5 Å². The summed E-state index contributed by atoms with van der Waals surface area (Å²) in [6.07, 6.45) is 0.897. The number of rotatable bonds is 1. The predicted molar refractivity (Wildman–Crippen MR) is 79.3 cm³/mol. The van der Waals surface area contributed by atoms with Crippen LogP contribution in [0.3, 0.4) is 0 Å². The van der Waals surface area contributed by atoms with Crippen LogP contribution in [0.25, 0.3) is 0 Å². The molecule has 0 aliphatic carbocycles. The Morgan fingerprint density at radius 3 is 2.89 bits per heavy atom. The van der Waals surface area contributed by atoms with Crippen LogP contribution < -0.4 is 16.4 Å². The third-order valence-electron chi connectivity index (χ3n) is 3.36. The van der Waals surface area contributed by atoms with E-state index in [0.717, 1.165) is 13.0 Å². The molecule has 1 aromatic heterocycles. The molecule has 0 saturated heterocycles. The predicted octanol–water partition coefficient (Wildman–Crippen LogP) is 3.27. The minimum atomic E-state index is -0.530. The Kier molecular flexibility index (Phi) is 3.03. The molecule has 19 heavy (non-hydrogen) atoms. The zero-order chi connectivity index (χ0) is 13.6. The molecule has 1 aromatic carbocycles. The lowest BCUT2D eigenvalue weighted by molar-refractivity contribution is 0.613. The Labute approximate surface area is 119 Å². The SMILES string of the molecule is Nc1cc(N)c(N2CCc3sccc3C2)c(F)c1Cl. The van der Waals surface area contributed by atoms with Gasteiger partial charge in [0.05, 0.1) is 17.1 Å². The molecule has 1 aliphatic rings. The Morgan fingerprint density at radius 1 is 1.32 bits per heavy atom. The summed E-state index contributed by atoms with van der Waals surface area (Å²) in [6, 6.07) is 3.59. The van der Waals surface area contributed by atoms with E-state index in [0.29, 0.717) is 17.9 Å². The molecule has 3 nitrogen and oxygen atoms in total. The maximum Gasteiger partial charge on any atom is 0.169 e. The number of hydrogen-bond donors (Lipinski definition) is 2. The van der Waals surface area contributed by atoms with Gasteiger partial charge in [0.25, 0.3) is 0 Å². The van der Waals surface area contributed by atoms with E-state index in [-0.39, 0.29) is 10.7 Å². The summed E-state index contributed by atoms with van der Waals surface area (Å²) < 4.78 is 14.3. The van der Waals surface area contributed by atoms with Crippen LogP contribution in [0.1, 0.15) is 10.4 Å². The molecular weight excluding hydrogens is 285 g/mol. The standard InChI is InChI=1S/C13H13ClFN3S/c14-11-8(16)5-9(17)13(12(11)15)18-3-1-10-7(6-18)2-4-19-10/h2,4-5H,1,3,6,16-17H2. The van der Waals surface area contributed by atoms with Gasteiger partial charge in [-0.05, 0) is 29.5 Å². The fourth-order valence-corrected chi connectivity index (χ4v) is 3.45. The van der Waals surface area contributed by atoms with Crippen molar-refractivity contribution in [1.29, 1.82) is 0 Å². The Hall–Kier alpha value is -1.46. The first kappa shape index (κ1) is 12.6. The minimum absolute atomic E-state index is 0.0553. The lowest BCUT2D eigenvalue weighted by atomic mass is 10.1. The van der Waals surface area contributed by atoms with Crippen LogP contribution >= 0.6 is 22.9 Å². The summed E-state index contributed by atoms with van der Waals surface area (Å²) in [6.45, 7) is 1.38. The molecule has 4 N–H and O–H groups in total. The van der Waals surface area contributed by atoms with Crippen LogP contribution in [0.5, 0.6) is 0 Å². The number of fused-ring (bicyclic) bond motifs is 1. The van der Waals surface area contributed by atoms with Crippen molar-refractivity contribution in [3.8, 4) is 0 Å². The highest BCUT2D eigenvalue weighted by Gasteiger charge is 2.24. The average Bonchev–Trinajstić information content (AvgIpc) is 2.83. The van der Waals surface area contributed by atoms with Crippen molar-refractivity contribution >= 4 is 40.0 Å². The van der Waals surface area contributed by atoms with Crippen molar-refractivity contribution in [2.75, 3.05) is 22.9 Å². The van der Waals surface area contributed by atoms with E-state index >= 15 is 0 Å². The number of benzene rings is 1. The number of thiophene rings is 1. The van der Waals surface area contributed by atoms with Gasteiger partial charge in [0.15, 0.2) is 5.82 Å². The van der Waals surface area contributed by atoms with Crippen molar-refractivity contribution in [2.45, 2.75) is 13.0 Å². The first-order valence-electron chi connectivity index (χ1n) is 5.91. The van der Waals surface area contributed by atoms with Gasteiger partial charge in [-0.1, -0.05) is 11.6 Å². The fourth-order valence-electron chi connectivity index (χ4n) is 2.42. The van der Waals surface area contributed by atoms with Crippen LogP contribution in [0.15, 0.2) is 17.5 Å². The van der Waals surface area contributed by atoms with Crippen molar-refractivity contribution in [3.63, 3.8) is 0 Å². The summed E-state index contributed by atoms with van der Waals surface area (Å²) in [4.78, 5) is 3.28. The van der Waals surface area contributed by atoms with Gasteiger partial charge in [-0.2, -0.15) is 0 Å². The third-order valence-corrected chi connectivity index (χ3v) is 4.77. The van der Waals surface area contributed by atoms with Gasteiger partial charge in [0.1, 0.15) is 5.02 Å². The number of nitrogen functional groups attached to an aromatic ring is 2. The van der Waals surface area contributed by atoms with Gasteiger partial charge in [-0.15, -0.1) is 11.3 Å². The Bertz CT molecular complexity index is 641. The molecule has 0 radical (unpaired) electrons. The Morgan fingerprint density at radius 2 is 2.11 bits per heavy atom. The molecule has 1 aliphatic heterocycles. The maximum atomic E-state index is 14.3. The number of nitrogens with two attached hydrogens (primary N) is 2. The molecule has 0 amide bonds. The molecule has 0 atom stereocenters. The van der Waals surface area contributed by atoms with Gasteiger partial charge in [-0.3, -0.25) is 0 Å².